The molecule has 1 atom stereocenters. The van der Waals surface area contributed by atoms with E-state index >= 15 is 0 Å². The first kappa shape index (κ1) is 29.0. The highest BCUT2D eigenvalue weighted by molar-refractivity contribution is 5.88. The quantitative estimate of drug-likeness (QED) is 0.258. The molecular weight excluding hydrogens is 502 g/mol. The van der Waals surface area contributed by atoms with Crippen LogP contribution in [-0.4, -0.2) is 54.5 Å². The van der Waals surface area contributed by atoms with E-state index in [-0.39, 0.29) is 35.7 Å². The Labute approximate surface area is 227 Å². The molecule has 3 aromatic rings. The van der Waals surface area contributed by atoms with E-state index in [1.54, 1.807) is 13.2 Å². The Hall–Kier alpha value is -4.60. The number of nitrogens with zero attached hydrogens (tertiary/aromatic N) is 2. The second-order valence-electron chi connectivity index (χ2n) is 9.12. The van der Waals surface area contributed by atoms with Crippen LogP contribution in [0.25, 0.3) is 0 Å². The van der Waals surface area contributed by atoms with Crippen LogP contribution in [0.3, 0.4) is 0 Å². The molecule has 10 heteroatoms. The van der Waals surface area contributed by atoms with Gasteiger partial charge in [0.05, 0.1) is 19.1 Å². The van der Waals surface area contributed by atoms with Crippen LogP contribution < -0.4 is 19.5 Å². The number of carbonyl (C=O) groups is 2. The Morgan fingerprint density at radius 3 is 2.28 bits per heavy atom. The van der Waals surface area contributed by atoms with Gasteiger partial charge in [0.25, 0.3) is 5.91 Å². The third kappa shape index (κ3) is 8.19. The lowest BCUT2D eigenvalue weighted by Crippen LogP contribution is -2.52. The van der Waals surface area contributed by atoms with E-state index < -0.39 is 23.5 Å². The highest BCUT2D eigenvalue weighted by Gasteiger charge is 2.31. The number of methoxy groups -OCH3 is 2. The van der Waals surface area contributed by atoms with Crippen LogP contribution in [0.5, 0.6) is 17.2 Å². The Kier molecular flexibility index (Phi) is 10.3. The molecule has 2 amide bonds. The van der Waals surface area contributed by atoms with Crippen molar-refractivity contribution in [1.29, 1.82) is 0 Å². The Balaban J connectivity index is 1.93. The van der Waals surface area contributed by atoms with Crippen LogP contribution in [0.2, 0.25) is 0 Å². The molecule has 0 spiro atoms. The van der Waals surface area contributed by atoms with Gasteiger partial charge in [-0.2, -0.15) is 0 Å². The maximum Gasteiger partial charge on any atom is 0.311 e. The number of hydrogen-bond acceptors (Lipinski definition) is 7. The number of nitro benzene ring substituents is 1. The summed E-state index contributed by atoms with van der Waals surface area (Å²) >= 11 is 0. The fraction of sp³-hybridized carbons (Fsp3) is 0.310. The third-order valence-electron chi connectivity index (χ3n) is 5.90. The van der Waals surface area contributed by atoms with E-state index in [9.17, 15) is 19.7 Å². The molecule has 0 aliphatic carbocycles. The number of carbonyl (C=O) groups excluding carboxylic acids is 2. The molecule has 1 N–H and O–H groups in total. The molecule has 0 radical (unpaired) electrons. The molecule has 3 aromatic carbocycles. The predicted octanol–water partition coefficient (Wildman–Crippen LogP) is 4.16. The fourth-order valence-corrected chi connectivity index (χ4v) is 4.03. The van der Waals surface area contributed by atoms with Crippen molar-refractivity contribution in [2.24, 2.45) is 0 Å². The van der Waals surface area contributed by atoms with Gasteiger partial charge in [-0.05, 0) is 43.2 Å². The minimum Gasteiger partial charge on any atom is -0.497 e. The van der Waals surface area contributed by atoms with Gasteiger partial charge < -0.3 is 24.4 Å². The zero-order valence-electron chi connectivity index (χ0n) is 22.5. The standard InChI is InChI=1S/C29H33N3O7/c1-20(2)30-29(34)26(16-21-9-6-5-7-10-21)31(18-22-11-8-12-23(15-22)37-3)28(33)19-39-24-13-14-25(32(35)36)27(17-24)38-4/h5-15,17,20,26H,16,18-19H2,1-4H3,(H,30,34)/t26-/m1/s1. The molecule has 0 heterocycles. The predicted molar refractivity (Wildman–Crippen MR) is 146 cm³/mol. The van der Waals surface area contributed by atoms with Crippen LogP contribution >= 0.6 is 0 Å². The maximum absolute atomic E-state index is 13.7. The van der Waals surface area contributed by atoms with Crippen molar-refractivity contribution in [1.82, 2.24) is 10.2 Å². The lowest BCUT2D eigenvalue weighted by Gasteiger charge is -2.32. The van der Waals surface area contributed by atoms with Crippen molar-refractivity contribution < 1.29 is 28.7 Å². The lowest BCUT2D eigenvalue weighted by atomic mass is 10.0. The van der Waals surface area contributed by atoms with Crippen molar-refractivity contribution in [3.05, 3.63) is 94.0 Å². The van der Waals surface area contributed by atoms with Gasteiger partial charge in [-0.1, -0.05) is 42.5 Å². The summed E-state index contributed by atoms with van der Waals surface area (Å²) in [7, 11) is 2.87. The minimum absolute atomic E-state index is 0.0106. The van der Waals surface area contributed by atoms with Crippen LogP contribution in [-0.2, 0) is 22.6 Å². The average molecular weight is 536 g/mol. The highest BCUT2D eigenvalue weighted by atomic mass is 16.6. The first-order valence-corrected chi connectivity index (χ1v) is 12.4. The summed E-state index contributed by atoms with van der Waals surface area (Å²) in [4.78, 5) is 39.2. The van der Waals surface area contributed by atoms with Gasteiger partial charge in [0.2, 0.25) is 11.7 Å². The SMILES string of the molecule is COc1cccc(CN(C(=O)COc2ccc([N+](=O)[O-])c(OC)c2)[C@H](Cc2ccccc2)C(=O)NC(C)C)c1. The molecule has 3 rings (SSSR count). The van der Waals surface area contributed by atoms with Crippen LogP contribution in [0, 0.1) is 10.1 Å². The summed E-state index contributed by atoms with van der Waals surface area (Å²) < 4.78 is 16.2. The zero-order valence-corrected chi connectivity index (χ0v) is 22.5. The molecule has 0 aliphatic heterocycles. The molecular formula is C29H33N3O7. The summed E-state index contributed by atoms with van der Waals surface area (Å²) in [6, 6.07) is 19.8. The molecule has 0 fully saturated rings. The maximum atomic E-state index is 13.7. The van der Waals surface area contributed by atoms with E-state index in [1.807, 2.05) is 62.4 Å². The van der Waals surface area contributed by atoms with E-state index in [4.69, 9.17) is 14.2 Å². The topological polar surface area (TPSA) is 120 Å². The molecule has 10 nitrogen and oxygen atoms in total. The van der Waals surface area contributed by atoms with Crippen LogP contribution in [0.4, 0.5) is 5.69 Å². The largest absolute Gasteiger partial charge is 0.497 e. The first-order valence-electron chi connectivity index (χ1n) is 12.4. The monoisotopic (exact) mass is 535 g/mol. The van der Waals surface area contributed by atoms with E-state index in [2.05, 4.69) is 5.32 Å². The number of nitrogens with one attached hydrogen (secondary N) is 1. The number of hydrogen-bond donors (Lipinski definition) is 1. The van der Waals surface area contributed by atoms with E-state index in [0.717, 1.165) is 11.1 Å². The number of amides is 2. The smallest absolute Gasteiger partial charge is 0.311 e. The Morgan fingerprint density at radius 2 is 1.64 bits per heavy atom. The molecule has 0 bridgehead atoms. The number of benzene rings is 3. The molecule has 0 saturated carbocycles. The number of ether oxygens (including phenoxy) is 3. The van der Waals surface area contributed by atoms with Gasteiger partial charge in [-0.25, -0.2) is 0 Å². The van der Waals surface area contributed by atoms with Crippen LogP contribution in [0.1, 0.15) is 25.0 Å². The lowest BCUT2D eigenvalue weighted by molar-refractivity contribution is -0.385. The average Bonchev–Trinajstić information content (AvgIpc) is 2.93. The summed E-state index contributed by atoms with van der Waals surface area (Å²) in [6.45, 7) is 3.45. The second kappa shape index (κ2) is 13.8. The van der Waals surface area contributed by atoms with Gasteiger partial charge in [-0.15, -0.1) is 0 Å². The number of nitro groups is 1. The normalized spacial score (nSPS) is 11.4. The number of rotatable bonds is 13. The summed E-state index contributed by atoms with van der Waals surface area (Å²) in [5.74, 6) is 0.132. The van der Waals surface area contributed by atoms with E-state index in [0.29, 0.717) is 12.2 Å². The zero-order chi connectivity index (χ0) is 28.4. The molecule has 206 valence electrons. The van der Waals surface area contributed by atoms with Crippen molar-refractivity contribution in [2.45, 2.75) is 38.9 Å². The first-order chi connectivity index (χ1) is 18.7. The van der Waals surface area contributed by atoms with Gasteiger partial charge in [0, 0.05) is 31.1 Å². The summed E-state index contributed by atoms with van der Waals surface area (Å²) in [5.41, 5.74) is 1.45. The van der Waals surface area contributed by atoms with E-state index in [1.165, 1.54) is 30.2 Å². The van der Waals surface area contributed by atoms with Crippen LogP contribution in [0.15, 0.2) is 72.8 Å². The van der Waals surface area contributed by atoms with Crippen molar-refractivity contribution in [3.63, 3.8) is 0 Å². The van der Waals surface area contributed by atoms with Gasteiger partial charge in [0.1, 0.15) is 17.5 Å². The fourth-order valence-electron chi connectivity index (χ4n) is 4.03. The highest BCUT2D eigenvalue weighted by Crippen LogP contribution is 2.31. The molecule has 39 heavy (non-hydrogen) atoms. The minimum atomic E-state index is -0.830. The van der Waals surface area contributed by atoms with Gasteiger partial charge in [0.15, 0.2) is 6.61 Å². The molecule has 0 aliphatic rings. The summed E-state index contributed by atoms with van der Waals surface area (Å²) in [6.07, 6.45) is 0.292. The molecule has 0 aromatic heterocycles. The summed E-state index contributed by atoms with van der Waals surface area (Å²) in [5, 5.41) is 14.1. The second-order valence-corrected chi connectivity index (χ2v) is 9.12. The Bertz CT molecular complexity index is 1280. The van der Waals surface area contributed by atoms with Crippen molar-refractivity contribution in [3.8, 4) is 17.2 Å². The van der Waals surface area contributed by atoms with Crippen molar-refractivity contribution >= 4 is 17.5 Å². The Morgan fingerprint density at radius 1 is 0.923 bits per heavy atom. The molecule has 0 unspecified atom stereocenters. The third-order valence-corrected chi connectivity index (χ3v) is 5.90. The molecule has 0 saturated heterocycles. The van der Waals surface area contributed by atoms with Gasteiger partial charge >= 0.3 is 5.69 Å². The van der Waals surface area contributed by atoms with Crippen molar-refractivity contribution in [2.75, 3.05) is 20.8 Å². The van der Waals surface area contributed by atoms with Gasteiger partial charge in [-0.3, -0.25) is 19.7 Å².